The number of benzene rings is 2. The molecule has 0 aliphatic rings. The number of hydrogen-bond acceptors (Lipinski definition) is 3. The highest BCUT2D eigenvalue weighted by Gasteiger charge is 2.16. The molecule has 0 spiro atoms. The number of aromatic nitrogens is 1. The van der Waals surface area contributed by atoms with Crippen LogP contribution in [0.5, 0.6) is 17.2 Å². The van der Waals surface area contributed by atoms with Gasteiger partial charge in [-0.05, 0) is 29.0 Å². The second-order valence-corrected chi connectivity index (χ2v) is 5.24. The summed E-state index contributed by atoms with van der Waals surface area (Å²) >= 11 is 0. The predicted octanol–water partition coefficient (Wildman–Crippen LogP) is 0.155. The van der Waals surface area contributed by atoms with E-state index in [0.717, 1.165) is 27.4 Å². The van der Waals surface area contributed by atoms with Crippen molar-refractivity contribution in [3.05, 3.63) is 54.9 Å². The van der Waals surface area contributed by atoms with E-state index in [4.69, 9.17) is 4.74 Å². The summed E-state index contributed by atoms with van der Waals surface area (Å²) in [5.41, 5.74) is 0.979. The molecule has 0 amide bonds. The smallest absolute Gasteiger partial charge is 0.222 e. The summed E-state index contributed by atoms with van der Waals surface area (Å²) in [6.07, 6.45) is 3.74. The molecule has 0 fully saturated rings. The monoisotopic (exact) mass is 371 g/mol. The fourth-order valence-corrected chi connectivity index (χ4v) is 2.92. The van der Waals surface area contributed by atoms with Crippen molar-refractivity contribution in [1.29, 1.82) is 0 Å². The van der Waals surface area contributed by atoms with Crippen molar-refractivity contribution in [2.75, 3.05) is 7.11 Å². The zero-order valence-electron chi connectivity index (χ0n) is 12.3. The Hall–Kier alpha value is -2.53. The molecular weight excluding hydrogens is 358 g/mol. The molecule has 4 aromatic rings. The van der Waals surface area contributed by atoms with Gasteiger partial charge < -0.3 is 31.9 Å². The Morgan fingerprint density at radius 3 is 2.61 bits per heavy atom. The lowest BCUT2D eigenvalue weighted by molar-refractivity contribution is -0.509. The number of nitrogens with zero attached hydrogens (tertiary/aromatic N) is 1. The highest BCUT2D eigenvalue weighted by molar-refractivity contribution is 6.02. The van der Waals surface area contributed by atoms with E-state index >= 15 is 0 Å². The lowest BCUT2D eigenvalue weighted by atomic mass is 10.1. The first kappa shape index (κ1) is 15.4. The van der Waals surface area contributed by atoms with Crippen LogP contribution in [0.2, 0.25) is 0 Å². The average molecular weight is 372 g/mol. The number of fused-ring (bicyclic) bond motifs is 4. The van der Waals surface area contributed by atoms with Crippen molar-refractivity contribution in [3.8, 4) is 17.2 Å². The highest BCUT2D eigenvalue weighted by Crippen LogP contribution is 2.34. The summed E-state index contributed by atoms with van der Waals surface area (Å²) in [5.74, 6) is 0.579. The lowest BCUT2D eigenvalue weighted by Gasteiger charge is -2.06. The van der Waals surface area contributed by atoms with Gasteiger partial charge in [-0.2, -0.15) is 4.40 Å². The minimum absolute atomic E-state index is 0. The van der Waals surface area contributed by atoms with Crippen LogP contribution in [0, 0.1) is 0 Å². The minimum Gasteiger partial charge on any atom is -1.00 e. The van der Waals surface area contributed by atoms with Gasteiger partial charge in [0.1, 0.15) is 5.75 Å². The Balaban J connectivity index is 0.00000156. The summed E-state index contributed by atoms with van der Waals surface area (Å²) in [7, 11) is 1.66. The Morgan fingerprint density at radius 2 is 1.83 bits per heavy atom. The Kier molecular flexibility index (Phi) is 3.74. The van der Waals surface area contributed by atoms with Crippen molar-refractivity contribution < 1.29 is 36.3 Å². The molecule has 116 valence electrons. The first-order valence-corrected chi connectivity index (χ1v) is 6.94. The van der Waals surface area contributed by atoms with Gasteiger partial charge >= 0.3 is 0 Å². The van der Waals surface area contributed by atoms with Crippen LogP contribution < -0.4 is 26.1 Å². The molecular formula is C18H14BrNO3. The fourth-order valence-electron chi connectivity index (χ4n) is 2.92. The zero-order chi connectivity index (χ0) is 15.3. The van der Waals surface area contributed by atoms with Gasteiger partial charge in [0.05, 0.1) is 17.9 Å². The maximum atomic E-state index is 10.0. The molecule has 2 aromatic heterocycles. The van der Waals surface area contributed by atoms with Gasteiger partial charge in [-0.15, -0.1) is 0 Å². The first-order valence-electron chi connectivity index (χ1n) is 6.94. The quantitative estimate of drug-likeness (QED) is 0.217. The number of hydrogen-bond donors (Lipinski definition) is 2. The second-order valence-electron chi connectivity index (χ2n) is 5.24. The number of phenolic OH excluding ortho intramolecular Hbond substituents is 2. The van der Waals surface area contributed by atoms with E-state index in [1.165, 1.54) is 6.07 Å². The predicted molar refractivity (Wildman–Crippen MR) is 84.5 cm³/mol. The topological polar surface area (TPSA) is 53.8 Å². The zero-order valence-corrected chi connectivity index (χ0v) is 13.9. The number of aromatic hydroxyl groups is 2. The van der Waals surface area contributed by atoms with Crippen LogP contribution in [-0.4, -0.2) is 17.3 Å². The molecule has 0 radical (unpaired) electrons. The number of rotatable bonds is 1. The summed E-state index contributed by atoms with van der Waals surface area (Å²) in [5, 5.41) is 23.3. The summed E-state index contributed by atoms with van der Waals surface area (Å²) in [6, 6.07) is 13.2. The van der Waals surface area contributed by atoms with Gasteiger partial charge in [0, 0.05) is 12.1 Å². The Morgan fingerprint density at radius 1 is 1.00 bits per heavy atom. The standard InChI is InChI=1S/C18H13NO3.BrH/c1-22-16-4-2-3-11-7-8-19-10-13-12(9-14(19)17(11)16)5-6-15(20)18(13)21;/h2-10,20H,1H3;1H. The molecule has 2 heterocycles. The minimum atomic E-state index is -0.120. The number of ether oxygens (including phenoxy) is 1. The lowest BCUT2D eigenvalue weighted by Crippen LogP contribution is -3.00. The summed E-state index contributed by atoms with van der Waals surface area (Å²) in [6.45, 7) is 0. The van der Waals surface area contributed by atoms with Gasteiger partial charge in [-0.25, -0.2) is 0 Å². The molecule has 0 aliphatic carbocycles. The van der Waals surface area contributed by atoms with E-state index in [1.807, 2.05) is 47.1 Å². The average Bonchev–Trinajstić information content (AvgIpc) is 2.56. The molecule has 0 saturated heterocycles. The van der Waals surface area contributed by atoms with Crippen molar-refractivity contribution in [2.24, 2.45) is 0 Å². The molecule has 5 heteroatoms. The van der Waals surface area contributed by atoms with Gasteiger partial charge in [-0.3, -0.25) is 0 Å². The van der Waals surface area contributed by atoms with E-state index in [1.54, 1.807) is 13.2 Å². The molecule has 23 heavy (non-hydrogen) atoms. The van der Waals surface area contributed by atoms with Crippen LogP contribution in [0.25, 0.3) is 27.1 Å². The third-order valence-electron chi connectivity index (χ3n) is 4.02. The van der Waals surface area contributed by atoms with Gasteiger partial charge in [0.2, 0.25) is 5.52 Å². The Bertz CT molecular complexity index is 1050. The van der Waals surface area contributed by atoms with E-state index < -0.39 is 0 Å². The summed E-state index contributed by atoms with van der Waals surface area (Å²) in [4.78, 5) is 0. The maximum Gasteiger partial charge on any atom is 0.222 e. The first-order chi connectivity index (χ1) is 10.7. The molecule has 0 unspecified atom stereocenters. The van der Waals surface area contributed by atoms with E-state index in [-0.39, 0.29) is 28.5 Å². The molecule has 0 saturated carbocycles. The Labute approximate surface area is 143 Å². The van der Waals surface area contributed by atoms with Crippen molar-refractivity contribution >= 4 is 27.1 Å². The van der Waals surface area contributed by atoms with Crippen molar-refractivity contribution in [2.45, 2.75) is 0 Å². The molecule has 2 N–H and O–H groups in total. The number of methoxy groups -OCH3 is 1. The normalized spacial score (nSPS) is 10.8. The molecule has 4 nitrogen and oxygen atoms in total. The van der Waals surface area contributed by atoms with Crippen LogP contribution in [0.3, 0.4) is 0 Å². The fraction of sp³-hybridized carbons (Fsp3) is 0.0556. The molecule has 4 rings (SSSR count). The SMILES string of the molecule is COc1cccc2cc[n+]3cc4c(O)c(O)ccc4cc3c12.[Br-]. The van der Waals surface area contributed by atoms with Crippen LogP contribution in [0.1, 0.15) is 0 Å². The third kappa shape index (κ3) is 2.24. The van der Waals surface area contributed by atoms with Crippen LogP contribution >= 0.6 is 0 Å². The molecule has 0 aliphatic heterocycles. The highest BCUT2D eigenvalue weighted by atomic mass is 79.9. The van der Waals surface area contributed by atoms with E-state index in [9.17, 15) is 10.2 Å². The number of phenols is 2. The second kappa shape index (κ2) is 5.59. The van der Waals surface area contributed by atoms with E-state index in [0.29, 0.717) is 5.39 Å². The van der Waals surface area contributed by atoms with Crippen LogP contribution in [0.4, 0.5) is 0 Å². The maximum absolute atomic E-state index is 10.0. The number of halogens is 1. The number of pyridine rings is 2. The molecule has 2 aromatic carbocycles. The van der Waals surface area contributed by atoms with Crippen LogP contribution in [0.15, 0.2) is 54.9 Å². The van der Waals surface area contributed by atoms with Gasteiger partial charge in [0.15, 0.2) is 23.9 Å². The van der Waals surface area contributed by atoms with Crippen molar-refractivity contribution in [3.63, 3.8) is 0 Å². The molecule has 0 atom stereocenters. The molecule has 0 bridgehead atoms. The van der Waals surface area contributed by atoms with Gasteiger partial charge in [-0.1, -0.05) is 12.1 Å². The van der Waals surface area contributed by atoms with Crippen LogP contribution in [-0.2, 0) is 0 Å². The largest absolute Gasteiger partial charge is 1.00 e. The van der Waals surface area contributed by atoms with E-state index in [2.05, 4.69) is 0 Å². The third-order valence-corrected chi connectivity index (χ3v) is 4.02. The van der Waals surface area contributed by atoms with Crippen molar-refractivity contribution in [1.82, 2.24) is 0 Å². The summed E-state index contributed by atoms with van der Waals surface area (Å²) < 4.78 is 7.41. The van der Waals surface area contributed by atoms with Gasteiger partial charge in [0.25, 0.3) is 0 Å².